The fraction of sp³-hybridized carbons (Fsp3) is 0.553. The molecule has 0 saturated carbocycles. The number of carbonyl (C=O) groups excluding carboxylic acids is 1. The van der Waals surface area contributed by atoms with E-state index in [9.17, 15) is 17.8 Å². The van der Waals surface area contributed by atoms with Gasteiger partial charge in [-0.05, 0) is 50.6 Å². The standard InChI is InChI=1S/C38H55N7O5S/c1-4-5-6-7-8-9-10-11-12-13-14-15-16-17-21-24-37(46)39-35-28-36(42-43-38-29(2)40-41-30(38)3)45(44-35)31-25-26-33(34(27-31)51(47,48)49)50-32-22-19-18-20-23-32/h18-20,22-23,25-27,36H,4-17,21,24,28H2,1-3H3,(H,40,41)(H,39,44,46)(H,47,48,49). The van der Waals surface area contributed by atoms with Gasteiger partial charge < -0.3 is 10.1 Å². The van der Waals surface area contributed by atoms with Crippen LogP contribution in [0.15, 0.2) is 68.8 Å². The van der Waals surface area contributed by atoms with Gasteiger partial charge in [0.2, 0.25) is 5.91 Å². The number of hydrazone groups is 1. The fourth-order valence-corrected chi connectivity index (χ4v) is 6.76. The highest BCUT2D eigenvalue weighted by molar-refractivity contribution is 7.86. The molecule has 2 heterocycles. The summed E-state index contributed by atoms with van der Waals surface area (Å²) in [5, 5.41) is 25.0. The fourth-order valence-electron chi connectivity index (χ4n) is 6.13. The molecule has 4 rings (SSSR count). The molecule has 12 nitrogen and oxygen atoms in total. The summed E-state index contributed by atoms with van der Waals surface area (Å²) in [6, 6.07) is 13.0. The predicted octanol–water partition coefficient (Wildman–Crippen LogP) is 10.1. The molecule has 1 atom stereocenters. The Labute approximate surface area is 303 Å². The Bertz CT molecular complexity index is 1670. The first-order chi connectivity index (χ1) is 24.7. The van der Waals surface area contributed by atoms with E-state index in [0.717, 1.165) is 25.0 Å². The molecule has 0 saturated heterocycles. The van der Waals surface area contributed by atoms with Gasteiger partial charge in [-0.2, -0.15) is 23.7 Å². The largest absolute Gasteiger partial charge is 0.456 e. The highest BCUT2D eigenvalue weighted by Gasteiger charge is 2.31. The summed E-state index contributed by atoms with van der Waals surface area (Å²) in [6.07, 6.45) is 18.8. The maximum Gasteiger partial charge on any atom is 0.298 e. The lowest BCUT2D eigenvalue weighted by molar-refractivity contribution is -0.119. The quantitative estimate of drug-likeness (QED) is 0.0528. The Morgan fingerprint density at radius 1 is 0.922 bits per heavy atom. The molecule has 3 aromatic rings. The van der Waals surface area contributed by atoms with Crippen LogP contribution in [0.2, 0.25) is 0 Å². The van der Waals surface area contributed by atoms with Crippen LogP contribution in [0.3, 0.4) is 0 Å². The van der Waals surface area contributed by atoms with Gasteiger partial charge in [0, 0.05) is 6.42 Å². The average molecular weight is 722 g/mol. The number of aryl methyl sites for hydroxylation is 2. The number of aromatic nitrogens is 2. The molecule has 1 aliphatic rings. The molecule has 13 heteroatoms. The number of hydrogen-bond acceptors (Lipinski definition) is 9. The topological polar surface area (TPSA) is 162 Å². The van der Waals surface area contributed by atoms with Gasteiger partial charge in [-0.3, -0.25) is 14.4 Å². The lowest BCUT2D eigenvalue weighted by Crippen LogP contribution is -2.30. The second-order valence-corrected chi connectivity index (χ2v) is 14.7. The molecule has 278 valence electrons. The van der Waals surface area contributed by atoms with Crippen LogP contribution < -0.4 is 15.1 Å². The number of para-hydroxylation sites is 1. The third-order valence-electron chi connectivity index (χ3n) is 9.00. The van der Waals surface area contributed by atoms with E-state index in [-0.39, 0.29) is 18.1 Å². The molecule has 0 radical (unpaired) electrons. The van der Waals surface area contributed by atoms with Crippen molar-refractivity contribution in [2.45, 2.75) is 141 Å². The van der Waals surface area contributed by atoms with Gasteiger partial charge in [0.05, 0.1) is 23.5 Å². The number of ether oxygens (including phenoxy) is 1. The molecule has 1 aliphatic heterocycles. The van der Waals surface area contributed by atoms with E-state index in [2.05, 4.69) is 37.8 Å². The van der Waals surface area contributed by atoms with E-state index in [1.54, 1.807) is 30.3 Å². The number of azo groups is 1. The van der Waals surface area contributed by atoms with Gasteiger partial charge in [-0.1, -0.05) is 115 Å². The minimum atomic E-state index is -4.68. The minimum Gasteiger partial charge on any atom is -0.456 e. The van der Waals surface area contributed by atoms with Crippen molar-refractivity contribution in [1.82, 2.24) is 15.5 Å². The number of carbonyl (C=O) groups is 1. The maximum absolute atomic E-state index is 12.9. The van der Waals surface area contributed by atoms with Crippen molar-refractivity contribution in [3.8, 4) is 11.5 Å². The molecule has 1 amide bonds. The van der Waals surface area contributed by atoms with Gasteiger partial charge in [0.15, 0.2) is 6.17 Å². The summed E-state index contributed by atoms with van der Waals surface area (Å²) >= 11 is 0. The molecule has 3 N–H and O–H groups in total. The van der Waals surface area contributed by atoms with E-state index in [1.165, 1.54) is 94.2 Å². The van der Waals surface area contributed by atoms with Crippen LogP contribution in [-0.2, 0) is 14.9 Å². The molecule has 0 bridgehead atoms. The third kappa shape index (κ3) is 13.2. The van der Waals surface area contributed by atoms with Crippen molar-refractivity contribution in [1.29, 1.82) is 0 Å². The number of H-pyrrole nitrogens is 1. The average Bonchev–Trinajstić information content (AvgIpc) is 3.66. The van der Waals surface area contributed by atoms with E-state index >= 15 is 0 Å². The summed E-state index contributed by atoms with van der Waals surface area (Å²) in [5.41, 5.74) is 2.33. The number of rotatable bonds is 22. The molecular weight excluding hydrogens is 667 g/mol. The highest BCUT2D eigenvalue weighted by atomic mass is 32.2. The number of nitrogens with zero attached hydrogens (tertiary/aromatic N) is 5. The second kappa shape index (κ2) is 20.7. The molecule has 1 unspecified atom stereocenters. The van der Waals surface area contributed by atoms with Crippen molar-refractivity contribution in [2.24, 2.45) is 15.3 Å². The zero-order valence-corrected chi connectivity index (χ0v) is 31.3. The summed E-state index contributed by atoms with van der Waals surface area (Å²) in [7, 11) is -4.68. The van der Waals surface area contributed by atoms with Crippen LogP contribution in [0.25, 0.3) is 0 Å². The van der Waals surface area contributed by atoms with Crippen LogP contribution in [0.4, 0.5) is 11.4 Å². The Hall–Kier alpha value is -4.10. The highest BCUT2D eigenvalue weighted by Crippen LogP contribution is 2.35. The summed E-state index contributed by atoms with van der Waals surface area (Å²) in [6.45, 7) is 5.91. The minimum absolute atomic E-state index is 0.0459. The van der Waals surface area contributed by atoms with E-state index in [4.69, 9.17) is 4.74 Å². The molecular formula is C38H55N7O5S. The summed E-state index contributed by atoms with van der Waals surface area (Å²) in [4.78, 5) is 12.5. The lowest BCUT2D eigenvalue weighted by atomic mass is 10.0. The van der Waals surface area contributed by atoms with Crippen LogP contribution in [0, 0.1) is 13.8 Å². The smallest absolute Gasteiger partial charge is 0.298 e. The first-order valence-electron chi connectivity index (χ1n) is 18.6. The van der Waals surface area contributed by atoms with Crippen molar-refractivity contribution in [2.75, 3.05) is 5.01 Å². The molecule has 1 aromatic heterocycles. The van der Waals surface area contributed by atoms with Gasteiger partial charge >= 0.3 is 0 Å². The van der Waals surface area contributed by atoms with Crippen molar-refractivity contribution in [3.05, 3.63) is 59.9 Å². The molecule has 0 fully saturated rings. The monoisotopic (exact) mass is 721 g/mol. The number of unbranched alkanes of at least 4 members (excludes halogenated alkanes) is 14. The van der Waals surface area contributed by atoms with Crippen LogP contribution in [0.1, 0.15) is 127 Å². The van der Waals surface area contributed by atoms with Crippen LogP contribution >= 0.6 is 0 Å². The first-order valence-corrected chi connectivity index (χ1v) is 20.0. The Balaban J connectivity index is 1.31. The number of hydrogen-bond donors (Lipinski definition) is 3. The van der Waals surface area contributed by atoms with E-state index < -0.39 is 21.2 Å². The van der Waals surface area contributed by atoms with Crippen LogP contribution in [-0.4, -0.2) is 41.1 Å². The van der Waals surface area contributed by atoms with E-state index in [0.29, 0.717) is 35.1 Å². The van der Waals surface area contributed by atoms with E-state index in [1.807, 2.05) is 19.9 Å². The molecule has 0 aliphatic carbocycles. The van der Waals surface area contributed by atoms with Gasteiger partial charge in [0.25, 0.3) is 10.1 Å². The van der Waals surface area contributed by atoms with Gasteiger partial charge in [-0.15, -0.1) is 5.11 Å². The third-order valence-corrected chi connectivity index (χ3v) is 9.87. The van der Waals surface area contributed by atoms with Crippen molar-refractivity contribution in [3.63, 3.8) is 0 Å². The number of anilines is 1. The number of nitrogens with one attached hydrogen (secondary N) is 2. The zero-order chi connectivity index (χ0) is 36.5. The normalized spacial score (nSPS) is 14.7. The Kier molecular flexibility index (Phi) is 16.1. The summed E-state index contributed by atoms with van der Waals surface area (Å²) < 4.78 is 40.8. The molecule has 0 spiro atoms. The number of aromatic amines is 1. The number of benzene rings is 2. The van der Waals surface area contributed by atoms with Gasteiger partial charge in [0.1, 0.15) is 27.9 Å². The SMILES string of the molecule is CCCCCCCCCCCCCCCCCC(=O)NC1=NN(c2ccc(Oc3ccccc3)c(S(=O)(=O)O)c2)C(N=Nc2c(C)n[nH]c2C)C1. The lowest BCUT2D eigenvalue weighted by Gasteiger charge is -2.20. The number of amidine groups is 1. The van der Waals surface area contributed by atoms with Crippen molar-refractivity contribution >= 4 is 33.2 Å². The number of amides is 1. The maximum atomic E-state index is 12.9. The Morgan fingerprint density at radius 3 is 2.10 bits per heavy atom. The first kappa shape index (κ1) is 39.7. The molecule has 2 aromatic carbocycles. The van der Waals surface area contributed by atoms with Crippen molar-refractivity contribution < 1.29 is 22.5 Å². The Morgan fingerprint density at radius 2 is 1.53 bits per heavy atom. The predicted molar refractivity (Wildman–Crippen MR) is 201 cm³/mol. The van der Waals surface area contributed by atoms with Gasteiger partial charge in [-0.25, -0.2) is 5.01 Å². The zero-order valence-electron chi connectivity index (χ0n) is 30.4. The molecule has 51 heavy (non-hydrogen) atoms. The second-order valence-electron chi connectivity index (χ2n) is 13.3. The summed E-state index contributed by atoms with van der Waals surface area (Å²) in [5.74, 6) is 0.623. The van der Waals surface area contributed by atoms with Crippen LogP contribution in [0.5, 0.6) is 11.5 Å².